The molecule has 106 valence electrons. The van der Waals surface area contributed by atoms with Crippen LogP contribution >= 0.6 is 0 Å². The smallest absolute Gasteiger partial charge is 0.347 e. The van der Waals surface area contributed by atoms with Gasteiger partial charge in [-0.25, -0.2) is 9.48 Å². The van der Waals surface area contributed by atoms with E-state index in [0.717, 1.165) is 41.4 Å². The standard InChI is InChI=1S/C12H20N4O3/c1-15-11(17)10(14-16(2)12(15)18)19-9-7-5-3-4-6-8(9)13/h8-9H,3-7,13H2,1-2H3. The second-order valence-corrected chi connectivity index (χ2v) is 5.03. The Bertz CT molecular complexity index is 563. The van der Waals surface area contributed by atoms with Crippen LogP contribution in [-0.4, -0.2) is 26.5 Å². The van der Waals surface area contributed by atoms with Gasteiger partial charge in [-0.2, -0.15) is 0 Å². The van der Waals surface area contributed by atoms with Gasteiger partial charge in [-0.05, 0) is 19.3 Å². The lowest BCUT2D eigenvalue weighted by Crippen LogP contribution is -2.43. The molecule has 0 bridgehead atoms. The van der Waals surface area contributed by atoms with Crippen LogP contribution in [-0.2, 0) is 14.1 Å². The zero-order valence-electron chi connectivity index (χ0n) is 11.3. The predicted octanol–water partition coefficient (Wildman–Crippen LogP) is -0.482. The van der Waals surface area contributed by atoms with Crippen LogP contribution in [0.25, 0.3) is 0 Å². The van der Waals surface area contributed by atoms with E-state index in [2.05, 4.69) is 5.10 Å². The van der Waals surface area contributed by atoms with E-state index in [0.29, 0.717) is 0 Å². The molecule has 19 heavy (non-hydrogen) atoms. The third kappa shape index (κ3) is 2.86. The van der Waals surface area contributed by atoms with Gasteiger partial charge in [-0.15, -0.1) is 5.10 Å². The Labute approximate surface area is 111 Å². The Morgan fingerprint density at radius 2 is 1.89 bits per heavy atom. The predicted molar refractivity (Wildman–Crippen MR) is 70.2 cm³/mol. The molecule has 1 aromatic rings. The van der Waals surface area contributed by atoms with Crippen molar-refractivity contribution >= 4 is 0 Å². The topological polar surface area (TPSA) is 92.1 Å². The van der Waals surface area contributed by atoms with Crippen molar-refractivity contribution in [2.75, 3.05) is 0 Å². The zero-order chi connectivity index (χ0) is 14.0. The molecule has 1 saturated carbocycles. The van der Waals surface area contributed by atoms with E-state index >= 15 is 0 Å². The summed E-state index contributed by atoms with van der Waals surface area (Å²) in [5.74, 6) is -0.0491. The average molecular weight is 268 g/mol. The molecule has 2 atom stereocenters. The van der Waals surface area contributed by atoms with Crippen LogP contribution in [0.4, 0.5) is 0 Å². The lowest BCUT2D eigenvalue weighted by Gasteiger charge is -2.22. The first-order valence-electron chi connectivity index (χ1n) is 6.57. The molecule has 7 heteroatoms. The van der Waals surface area contributed by atoms with Gasteiger partial charge in [0, 0.05) is 20.1 Å². The second kappa shape index (κ2) is 5.56. The van der Waals surface area contributed by atoms with Gasteiger partial charge >= 0.3 is 11.2 Å². The molecule has 2 rings (SSSR count). The molecule has 1 aromatic heterocycles. The highest BCUT2D eigenvalue weighted by Crippen LogP contribution is 2.19. The van der Waals surface area contributed by atoms with Crippen molar-refractivity contribution in [3.8, 4) is 5.88 Å². The minimum atomic E-state index is -0.514. The molecular weight excluding hydrogens is 248 g/mol. The number of aryl methyl sites for hydroxylation is 1. The van der Waals surface area contributed by atoms with Crippen LogP contribution in [0.5, 0.6) is 5.88 Å². The van der Waals surface area contributed by atoms with Crippen LogP contribution in [0, 0.1) is 0 Å². The minimum Gasteiger partial charge on any atom is -0.468 e. The van der Waals surface area contributed by atoms with Crippen molar-refractivity contribution in [1.82, 2.24) is 14.3 Å². The van der Waals surface area contributed by atoms with Crippen molar-refractivity contribution in [3.05, 3.63) is 20.8 Å². The fourth-order valence-corrected chi connectivity index (χ4v) is 2.34. The van der Waals surface area contributed by atoms with E-state index in [-0.39, 0.29) is 18.0 Å². The maximum absolute atomic E-state index is 11.9. The second-order valence-electron chi connectivity index (χ2n) is 5.03. The third-order valence-electron chi connectivity index (χ3n) is 3.56. The van der Waals surface area contributed by atoms with Gasteiger partial charge < -0.3 is 10.5 Å². The van der Waals surface area contributed by atoms with E-state index < -0.39 is 11.2 Å². The average Bonchev–Trinajstić information content (AvgIpc) is 2.59. The van der Waals surface area contributed by atoms with Gasteiger partial charge in [0.05, 0.1) is 0 Å². The molecule has 2 unspecified atom stereocenters. The Hall–Kier alpha value is -1.63. The van der Waals surface area contributed by atoms with Gasteiger partial charge in [0.2, 0.25) is 0 Å². The summed E-state index contributed by atoms with van der Waals surface area (Å²) < 4.78 is 7.75. The van der Waals surface area contributed by atoms with Crippen LogP contribution in [0.1, 0.15) is 32.1 Å². The Balaban J connectivity index is 2.28. The molecule has 0 radical (unpaired) electrons. The van der Waals surface area contributed by atoms with E-state index in [4.69, 9.17) is 10.5 Å². The van der Waals surface area contributed by atoms with Gasteiger partial charge in [-0.3, -0.25) is 9.36 Å². The normalized spacial score (nSPS) is 23.9. The van der Waals surface area contributed by atoms with Gasteiger partial charge in [0.15, 0.2) is 0 Å². The van der Waals surface area contributed by atoms with Crippen molar-refractivity contribution in [2.24, 2.45) is 19.8 Å². The summed E-state index contributed by atoms with van der Waals surface area (Å²) in [6, 6.07) is -0.0914. The summed E-state index contributed by atoms with van der Waals surface area (Å²) in [6.45, 7) is 0. The fourth-order valence-electron chi connectivity index (χ4n) is 2.34. The summed E-state index contributed by atoms with van der Waals surface area (Å²) >= 11 is 0. The lowest BCUT2D eigenvalue weighted by atomic mass is 10.1. The van der Waals surface area contributed by atoms with E-state index in [1.165, 1.54) is 14.1 Å². The zero-order valence-corrected chi connectivity index (χ0v) is 11.3. The van der Waals surface area contributed by atoms with E-state index in [9.17, 15) is 9.59 Å². The monoisotopic (exact) mass is 268 g/mol. The van der Waals surface area contributed by atoms with Gasteiger partial charge in [0.25, 0.3) is 5.88 Å². The SMILES string of the molecule is Cn1nc(OC2CCCCCC2N)c(=O)n(C)c1=O. The molecule has 1 aliphatic carbocycles. The van der Waals surface area contributed by atoms with Crippen molar-refractivity contribution in [3.63, 3.8) is 0 Å². The first kappa shape index (κ1) is 13.8. The van der Waals surface area contributed by atoms with E-state index in [1.807, 2.05) is 0 Å². The molecule has 2 N–H and O–H groups in total. The highest BCUT2D eigenvalue weighted by molar-refractivity contribution is 5.03. The molecule has 0 amide bonds. The molecule has 1 heterocycles. The van der Waals surface area contributed by atoms with Crippen LogP contribution in [0.2, 0.25) is 0 Å². The summed E-state index contributed by atoms with van der Waals surface area (Å²) in [7, 11) is 2.90. The summed E-state index contributed by atoms with van der Waals surface area (Å²) in [5, 5.41) is 3.89. The number of ether oxygens (including phenoxy) is 1. The van der Waals surface area contributed by atoms with Gasteiger partial charge in [0.1, 0.15) is 6.10 Å². The summed E-state index contributed by atoms with van der Waals surface area (Å²) in [6.07, 6.45) is 4.74. The molecular formula is C12H20N4O3. The fraction of sp³-hybridized carbons (Fsp3) is 0.750. The number of hydrogen-bond acceptors (Lipinski definition) is 5. The quantitative estimate of drug-likeness (QED) is 0.731. The largest absolute Gasteiger partial charge is 0.468 e. The van der Waals surface area contributed by atoms with Crippen LogP contribution < -0.4 is 21.7 Å². The number of aromatic nitrogens is 3. The molecule has 0 spiro atoms. The summed E-state index contributed by atoms with van der Waals surface area (Å²) in [4.78, 5) is 23.5. The number of nitrogens with zero attached hydrogens (tertiary/aromatic N) is 3. The number of hydrogen-bond donors (Lipinski definition) is 1. The van der Waals surface area contributed by atoms with Crippen molar-refractivity contribution in [2.45, 2.75) is 44.2 Å². The Morgan fingerprint density at radius 1 is 1.21 bits per heavy atom. The molecule has 0 aromatic carbocycles. The molecule has 1 aliphatic rings. The molecule has 0 aliphatic heterocycles. The summed E-state index contributed by atoms with van der Waals surface area (Å²) in [5.41, 5.74) is 5.07. The highest BCUT2D eigenvalue weighted by atomic mass is 16.5. The van der Waals surface area contributed by atoms with E-state index in [1.54, 1.807) is 0 Å². The third-order valence-corrected chi connectivity index (χ3v) is 3.56. The molecule has 1 fully saturated rings. The molecule has 0 saturated heterocycles. The first-order valence-corrected chi connectivity index (χ1v) is 6.57. The molecule has 7 nitrogen and oxygen atoms in total. The number of rotatable bonds is 2. The van der Waals surface area contributed by atoms with Crippen LogP contribution in [0.15, 0.2) is 9.59 Å². The number of nitrogens with two attached hydrogens (primary N) is 1. The highest BCUT2D eigenvalue weighted by Gasteiger charge is 2.24. The Kier molecular flexibility index (Phi) is 4.04. The van der Waals surface area contributed by atoms with Crippen molar-refractivity contribution < 1.29 is 4.74 Å². The Morgan fingerprint density at radius 3 is 2.63 bits per heavy atom. The van der Waals surface area contributed by atoms with Crippen LogP contribution in [0.3, 0.4) is 0 Å². The lowest BCUT2D eigenvalue weighted by molar-refractivity contribution is 0.148. The van der Waals surface area contributed by atoms with Gasteiger partial charge in [-0.1, -0.05) is 12.8 Å². The van der Waals surface area contributed by atoms with Crippen molar-refractivity contribution in [1.29, 1.82) is 0 Å². The first-order chi connectivity index (χ1) is 9.00. The maximum Gasteiger partial charge on any atom is 0.347 e. The minimum absolute atomic E-state index is 0.0491. The maximum atomic E-state index is 11.9.